The summed E-state index contributed by atoms with van der Waals surface area (Å²) in [6, 6.07) is 8.17. The number of ether oxygens (including phenoxy) is 2. The minimum Gasteiger partial charge on any atom is -0.497 e. The maximum absolute atomic E-state index is 11.5. The number of halogens is 1. The number of nitrogens with one attached hydrogen (secondary N) is 1. The van der Waals surface area contributed by atoms with Crippen molar-refractivity contribution in [3.63, 3.8) is 0 Å². The SMILES string of the molecule is COC(=O)c1ccc(N)c(Nc2cc(OC)ccc2Cl)n1. The molecule has 110 valence electrons. The van der Waals surface area contributed by atoms with Crippen LogP contribution in [0.15, 0.2) is 30.3 Å². The van der Waals surface area contributed by atoms with E-state index in [1.165, 1.54) is 13.2 Å². The van der Waals surface area contributed by atoms with Gasteiger partial charge < -0.3 is 20.5 Å². The number of esters is 1. The molecule has 0 aliphatic heterocycles. The number of anilines is 3. The summed E-state index contributed by atoms with van der Waals surface area (Å²) in [5.41, 5.74) is 6.94. The summed E-state index contributed by atoms with van der Waals surface area (Å²) >= 11 is 6.11. The van der Waals surface area contributed by atoms with Crippen LogP contribution < -0.4 is 15.8 Å². The molecule has 6 nitrogen and oxygen atoms in total. The minimum atomic E-state index is -0.546. The molecule has 0 aliphatic carbocycles. The van der Waals surface area contributed by atoms with E-state index >= 15 is 0 Å². The Morgan fingerprint density at radius 3 is 2.71 bits per heavy atom. The third-order valence-electron chi connectivity index (χ3n) is 2.75. The molecule has 0 aliphatic rings. The van der Waals surface area contributed by atoms with Crippen LogP contribution in [0.2, 0.25) is 5.02 Å². The maximum atomic E-state index is 11.5. The molecular formula is C14H14ClN3O3. The Balaban J connectivity index is 2.37. The van der Waals surface area contributed by atoms with Crippen molar-refractivity contribution in [3.8, 4) is 5.75 Å². The first-order valence-corrected chi connectivity index (χ1v) is 6.38. The van der Waals surface area contributed by atoms with Crippen LogP contribution in [-0.2, 0) is 4.74 Å². The van der Waals surface area contributed by atoms with Crippen LogP contribution >= 0.6 is 11.6 Å². The number of carbonyl (C=O) groups is 1. The Morgan fingerprint density at radius 2 is 2.05 bits per heavy atom. The van der Waals surface area contributed by atoms with E-state index in [1.54, 1.807) is 31.4 Å². The van der Waals surface area contributed by atoms with E-state index < -0.39 is 5.97 Å². The van der Waals surface area contributed by atoms with E-state index in [0.717, 1.165) is 0 Å². The molecular weight excluding hydrogens is 294 g/mol. The fourth-order valence-corrected chi connectivity index (χ4v) is 1.81. The Bertz CT molecular complexity index is 677. The summed E-state index contributed by atoms with van der Waals surface area (Å²) in [7, 11) is 2.84. The zero-order valence-corrected chi connectivity index (χ0v) is 12.3. The van der Waals surface area contributed by atoms with Gasteiger partial charge in [0.15, 0.2) is 11.5 Å². The highest BCUT2D eigenvalue weighted by Crippen LogP contribution is 2.30. The van der Waals surface area contributed by atoms with Crippen LogP contribution in [-0.4, -0.2) is 25.2 Å². The second kappa shape index (κ2) is 6.32. The molecule has 0 radical (unpaired) electrons. The van der Waals surface area contributed by atoms with Gasteiger partial charge in [0, 0.05) is 6.07 Å². The number of carbonyl (C=O) groups excluding carboxylic acids is 1. The van der Waals surface area contributed by atoms with E-state index in [9.17, 15) is 4.79 Å². The van der Waals surface area contributed by atoms with Crippen LogP contribution in [0.1, 0.15) is 10.5 Å². The molecule has 0 atom stereocenters. The first kappa shape index (κ1) is 14.9. The van der Waals surface area contributed by atoms with Crippen molar-refractivity contribution >= 4 is 34.8 Å². The highest BCUT2D eigenvalue weighted by atomic mass is 35.5. The molecule has 21 heavy (non-hydrogen) atoms. The van der Waals surface area contributed by atoms with Gasteiger partial charge in [-0.3, -0.25) is 0 Å². The molecule has 0 unspecified atom stereocenters. The monoisotopic (exact) mass is 307 g/mol. The number of pyridine rings is 1. The second-order valence-corrected chi connectivity index (χ2v) is 4.50. The number of methoxy groups -OCH3 is 2. The summed E-state index contributed by atoms with van der Waals surface area (Å²) in [4.78, 5) is 15.6. The molecule has 3 N–H and O–H groups in total. The summed E-state index contributed by atoms with van der Waals surface area (Å²) in [6.07, 6.45) is 0. The Labute approximate surface area is 126 Å². The molecule has 1 aromatic heterocycles. The van der Waals surface area contributed by atoms with Crippen LogP contribution in [0.4, 0.5) is 17.2 Å². The average molecular weight is 308 g/mol. The topological polar surface area (TPSA) is 86.5 Å². The van der Waals surface area contributed by atoms with E-state index in [2.05, 4.69) is 15.0 Å². The van der Waals surface area contributed by atoms with E-state index in [-0.39, 0.29) is 5.69 Å². The van der Waals surface area contributed by atoms with Crippen LogP contribution in [0.3, 0.4) is 0 Å². The van der Waals surface area contributed by atoms with Crippen molar-refractivity contribution in [2.75, 3.05) is 25.3 Å². The van der Waals surface area contributed by atoms with Crippen molar-refractivity contribution < 1.29 is 14.3 Å². The normalized spacial score (nSPS) is 10.0. The van der Waals surface area contributed by atoms with Crippen LogP contribution in [0, 0.1) is 0 Å². The third-order valence-corrected chi connectivity index (χ3v) is 3.08. The van der Waals surface area contributed by atoms with Gasteiger partial charge in [0.25, 0.3) is 0 Å². The van der Waals surface area contributed by atoms with E-state index in [1.807, 2.05) is 0 Å². The Kier molecular flexibility index (Phi) is 4.49. The van der Waals surface area contributed by atoms with Crippen LogP contribution in [0.5, 0.6) is 5.75 Å². The van der Waals surface area contributed by atoms with Gasteiger partial charge in [-0.1, -0.05) is 11.6 Å². The van der Waals surface area contributed by atoms with Gasteiger partial charge in [-0.25, -0.2) is 9.78 Å². The lowest BCUT2D eigenvalue weighted by atomic mass is 10.2. The quantitative estimate of drug-likeness (QED) is 0.845. The lowest BCUT2D eigenvalue weighted by Gasteiger charge is -2.12. The molecule has 0 saturated heterocycles. The van der Waals surface area contributed by atoms with Crippen molar-refractivity contribution in [2.24, 2.45) is 0 Å². The summed E-state index contributed by atoms with van der Waals surface area (Å²) in [6.45, 7) is 0. The summed E-state index contributed by atoms with van der Waals surface area (Å²) in [5, 5.41) is 3.45. The predicted octanol–water partition coefficient (Wildman–Crippen LogP) is 2.86. The number of hydrogen-bond acceptors (Lipinski definition) is 6. The number of nitrogens with two attached hydrogens (primary N) is 1. The lowest BCUT2D eigenvalue weighted by molar-refractivity contribution is 0.0594. The van der Waals surface area contributed by atoms with Gasteiger partial charge in [-0.05, 0) is 24.3 Å². The molecule has 0 saturated carbocycles. The van der Waals surface area contributed by atoms with Gasteiger partial charge in [0.1, 0.15) is 5.75 Å². The van der Waals surface area contributed by atoms with Crippen molar-refractivity contribution in [2.45, 2.75) is 0 Å². The van der Waals surface area contributed by atoms with Crippen molar-refractivity contribution in [3.05, 3.63) is 41.0 Å². The molecule has 7 heteroatoms. The highest BCUT2D eigenvalue weighted by molar-refractivity contribution is 6.33. The number of rotatable bonds is 4. The average Bonchev–Trinajstić information content (AvgIpc) is 2.50. The third kappa shape index (κ3) is 3.35. The number of nitrogen functional groups attached to an aromatic ring is 1. The smallest absolute Gasteiger partial charge is 0.356 e. The number of nitrogens with zero attached hydrogens (tertiary/aromatic N) is 1. The molecule has 0 amide bonds. The summed E-state index contributed by atoms with van der Waals surface area (Å²) in [5.74, 6) is 0.396. The Hall–Kier alpha value is -2.47. The predicted molar refractivity (Wildman–Crippen MR) is 81.3 cm³/mol. The maximum Gasteiger partial charge on any atom is 0.356 e. The molecule has 1 heterocycles. The van der Waals surface area contributed by atoms with Gasteiger partial charge >= 0.3 is 5.97 Å². The van der Waals surface area contributed by atoms with Gasteiger partial charge in [0.05, 0.1) is 30.6 Å². The molecule has 0 fully saturated rings. The Morgan fingerprint density at radius 1 is 1.29 bits per heavy atom. The van der Waals surface area contributed by atoms with Crippen molar-refractivity contribution in [1.29, 1.82) is 0 Å². The first-order chi connectivity index (χ1) is 10.0. The number of benzene rings is 1. The molecule has 0 spiro atoms. The van der Waals surface area contributed by atoms with Gasteiger partial charge in [-0.2, -0.15) is 0 Å². The highest BCUT2D eigenvalue weighted by Gasteiger charge is 2.12. The first-order valence-electron chi connectivity index (χ1n) is 6.00. The lowest BCUT2D eigenvalue weighted by Crippen LogP contribution is -2.08. The minimum absolute atomic E-state index is 0.146. The van der Waals surface area contributed by atoms with E-state index in [0.29, 0.717) is 28.0 Å². The summed E-state index contributed by atoms with van der Waals surface area (Å²) < 4.78 is 9.76. The zero-order chi connectivity index (χ0) is 15.4. The van der Waals surface area contributed by atoms with Gasteiger partial charge in [0.2, 0.25) is 0 Å². The fourth-order valence-electron chi connectivity index (χ4n) is 1.64. The molecule has 2 rings (SSSR count). The van der Waals surface area contributed by atoms with Crippen molar-refractivity contribution in [1.82, 2.24) is 4.98 Å². The fraction of sp³-hybridized carbons (Fsp3) is 0.143. The standard InChI is InChI=1S/C14H14ClN3O3/c1-20-8-3-4-9(15)12(7-8)18-13-10(16)5-6-11(17-13)14(19)21-2/h3-7H,16H2,1-2H3,(H,17,18). The van der Waals surface area contributed by atoms with E-state index in [4.69, 9.17) is 22.1 Å². The van der Waals surface area contributed by atoms with Crippen LogP contribution in [0.25, 0.3) is 0 Å². The second-order valence-electron chi connectivity index (χ2n) is 4.10. The molecule has 0 bridgehead atoms. The van der Waals surface area contributed by atoms with Gasteiger partial charge in [-0.15, -0.1) is 0 Å². The molecule has 2 aromatic rings. The number of aromatic nitrogens is 1. The largest absolute Gasteiger partial charge is 0.497 e. The zero-order valence-electron chi connectivity index (χ0n) is 11.5. The molecule has 1 aromatic carbocycles. The number of hydrogen-bond donors (Lipinski definition) is 2.